The summed E-state index contributed by atoms with van der Waals surface area (Å²) in [5.74, 6) is 0.884. The largest absolute Gasteiger partial charge is 0.355 e. The van der Waals surface area contributed by atoms with Gasteiger partial charge in [-0.2, -0.15) is 0 Å². The Morgan fingerprint density at radius 2 is 2.08 bits per heavy atom. The van der Waals surface area contributed by atoms with Crippen LogP contribution in [0.2, 0.25) is 0 Å². The van der Waals surface area contributed by atoms with Gasteiger partial charge in [0.1, 0.15) is 5.60 Å². The second kappa shape index (κ2) is 2.11. The Balaban J connectivity index is 2.16. The number of hydrogen-bond acceptors (Lipinski definition) is 2. The normalized spacial score (nSPS) is 44.9. The van der Waals surface area contributed by atoms with Gasteiger partial charge in [0.25, 0.3) is 0 Å². The molecular formula is C10H16O2. The molecule has 0 aromatic heterocycles. The van der Waals surface area contributed by atoms with Crippen LogP contribution >= 0.6 is 0 Å². The Bertz CT molecular complexity index is 232. The molecule has 2 heteroatoms. The predicted octanol–water partition coefficient (Wildman–Crippen LogP) is 1.92. The first kappa shape index (κ1) is 8.24. The number of rotatable bonds is 0. The molecule has 1 saturated heterocycles. The fraction of sp³-hybridized carbons (Fsp3) is 0.900. The highest BCUT2D eigenvalue weighted by atomic mass is 16.6. The number of Topliss-reactive ketones (excluding diaryl/α,β-unsaturated/α-hetero) is 1. The van der Waals surface area contributed by atoms with E-state index in [4.69, 9.17) is 4.74 Å². The van der Waals surface area contributed by atoms with Crippen LogP contribution in [0, 0.1) is 5.92 Å². The maximum atomic E-state index is 11.7. The molecule has 0 N–H and O–H groups in total. The van der Waals surface area contributed by atoms with E-state index in [-0.39, 0.29) is 11.2 Å². The van der Waals surface area contributed by atoms with Crippen LogP contribution in [-0.2, 0) is 9.53 Å². The Labute approximate surface area is 73.3 Å². The zero-order chi connectivity index (χ0) is 8.98. The maximum Gasteiger partial charge on any atom is 0.167 e. The SMILES string of the molecule is C[C@@H]1CCC2(OC2(C)C)C(=O)C1. The van der Waals surface area contributed by atoms with Crippen LogP contribution in [0.3, 0.4) is 0 Å². The zero-order valence-electron chi connectivity index (χ0n) is 8.02. The van der Waals surface area contributed by atoms with Gasteiger partial charge in [0, 0.05) is 6.42 Å². The maximum absolute atomic E-state index is 11.7. The van der Waals surface area contributed by atoms with Crippen molar-refractivity contribution in [3.8, 4) is 0 Å². The molecule has 2 fully saturated rings. The number of ketones is 1. The van der Waals surface area contributed by atoms with E-state index in [1.165, 1.54) is 0 Å². The highest BCUT2D eigenvalue weighted by Crippen LogP contribution is 2.54. The molecular weight excluding hydrogens is 152 g/mol. The lowest BCUT2D eigenvalue weighted by atomic mass is 9.76. The molecule has 1 spiro atoms. The summed E-state index contributed by atoms with van der Waals surface area (Å²) in [5, 5.41) is 0. The third kappa shape index (κ3) is 0.875. The van der Waals surface area contributed by atoms with Crippen LogP contribution in [-0.4, -0.2) is 17.0 Å². The van der Waals surface area contributed by atoms with Gasteiger partial charge in [-0.25, -0.2) is 0 Å². The molecule has 68 valence electrons. The van der Waals surface area contributed by atoms with Crippen molar-refractivity contribution in [2.45, 2.75) is 51.2 Å². The van der Waals surface area contributed by atoms with Crippen LogP contribution in [0.5, 0.6) is 0 Å². The molecule has 12 heavy (non-hydrogen) atoms. The van der Waals surface area contributed by atoms with Crippen molar-refractivity contribution in [3.63, 3.8) is 0 Å². The third-order valence-corrected chi connectivity index (χ3v) is 3.33. The molecule has 1 heterocycles. The van der Waals surface area contributed by atoms with Gasteiger partial charge < -0.3 is 4.74 Å². The van der Waals surface area contributed by atoms with Crippen molar-refractivity contribution in [1.82, 2.24) is 0 Å². The molecule has 0 radical (unpaired) electrons. The summed E-state index contributed by atoms with van der Waals surface area (Å²) >= 11 is 0. The van der Waals surface area contributed by atoms with Crippen molar-refractivity contribution in [3.05, 3.63) is 0 Å². The van der Waals surface area contributed by atoms with Crippen LogP contribution < -0.4 is 0 Å². The van der Waals surface area contributed by atoms with Crippen molar-refractivity contribution in [2.24, 2.45) is 5.92 Å². The summed E-state index contributed by atoms with van der Waals surface area (Å²) in [5.41, 5.74) is -0.552. The van der Waals surface area contributed by atoms with Crippen LogP contribution in [0.15, 0.2) is 0 Å². The average Bonchev–Trinajstić information content (AvgIpc) is 2.48. The Hall–Kier alpha value is -0.370. The standard InChI is InChI=1S/C10H16O2/c1-7-4-5-10(8(11)6-7)9(2,3)12-10/h7H,4-6H2,1-3H3/t7-,10?/m1/s1. The lowest BCUT2D eigenvalue weighted by Gasteiger charge is -2.23. The Morgan fingerprint density at radius 3 is 2.50 bits per heavy atom. The van der Waals surface area contributed by atoms with E-state index in [9.17, 15) is 4.79 Å². The van der Waals surface area contributed by atoms with E-state index in [0.29, 0.717) is 18.1 Å². The lowest BCUT2D eigenvalue weighted by molar-refractivity contribution is -0.127. The molecule has 1 aliphatic heterocycles. The summed E-state index contributed by atoms with van der Waals surface area (Å²) in [7, 11) is 0. The molecule has 0 bridgehead atoms. The molecule has 0 amide bonds. The van der Waals surface area contributed by atoms with E-state index >= 15 is 0 Å². The first-order valence-electron chi connectivity index (χ1n) is 4.71. The molecule has 0 aromatic rings. The average molecular weight is 168 g/mol. The number of carbonyl (C=O) groups excluding carboxylic acids is 1. The van der Waals surface area contributed by atoms with E-state index in [1.807, 2.05) is 13.8 Å². The van der Waals surface area contributed by atoms with Gasteiger partial charge in [-0.3, -0.25) is 4.79 Å². The number of ether oxygens (including phenoxy) is 1. The van der Waals surface area contributed by atoms with Gasteiger partial charge in [-0.15, -0.1) is 0 Å². The summed E-state index contributed by atoms with van der Waals surface area (Å²) in [6.45, 7) is 6.17. The minimum atomic E-state index is -0.375. The number of epoxide rings is 1. The first-order valence-corrected chi connectivity index (χ1v) is 4.71. The summed E-state index contributed by atoms with van der Waals surface area (Å²) in [4.78, 5) is 11.7. The van der Waals surface area contributed by atoms with Gasteiger partial charge in [0.15, 0.2) is 11.4 Å². The van der Waals surface area contributed by atoms with Crippen LogP contribution in [0.1, 0.15) is 40.0 Å². The van der Waals surface area contributed by atoms with E-state index in [0.717, 1.165) is 12.8 Å². The van der Waals surface area contributed by atoms with Crippen molar-refractivity contribution in [2.75, 3.05) is 0 Å². The fourth-order valence-corrected chi connectivity index (χ4v) is 2.33. The highest BCUT2D eigenvalue weighted by Gasteiger charge is 2.68. The number of carbonyl (C=O) groups is 1. The monoisotopic (exact) mass is 168 g/mol. The van der Waals surface area contributed by atoms with Gasteiger partial charge in [0.05, 0.1) is 0 Å². The van der Waals surface area contributed by atoms with Gasteiger partial charge in [0.2, 0.25) is 0 Å². The van der Waals surface area contributed by atoms with Crippen LogP contribution in [0.25, 0.3) is 0 Å². The molecule has 2 rings (SSSR count). The molecule has 1 saturated carbocycles. The van der Waals surface area contributed by atoms with Crippen molar-refractivity contribution in [1.29, 1.82) is 0 Å². The zero-order valence-corrected chi connectivity index (χ0v) is 8.02. The Kier molecular flexibility index (Phi) is 1.45. The van der Waals surface area contributed by atoms with Gasteiger partial charge >= 0.3 is 0 Å². The predicted molar refractivity (Wildman–Crippen MR) is 45.9 cm³/mol. The first-order chi connectivity index (χ1) is 5.48. The van der Waals surface area contributed by atoms with E-state index in [2.05, 4.69) is 6.92 Å². The molecule has 1 unspecified atom stereocenters. The minimum Gasteiger partial charge on any atom is -0.355 e. The summed E-state index contributed by atoms with van der Waals surface area (Å²) in [6.07, 6.45) is 2.78. The van der Waals surface area contributed by atoms with Crippen molar-refractivity contribution >= 4 is 5.78 Å². The smallest absolute Gasteiger partial charge is 0.167 e. The molecule has 1 aliphatic carbocycles. The minimum absolute atomic E-state index is 0.176. The van der Waals surface area contributed by atoms with Gasteiger partial charge in [-0.1, -0.05) is 6.92 Å². The number of hydrogen-bond donors (Lipinski definition) is 0. The second-order valence-corrected chi connectivity index (χ2v) is 4.71. The van der Waals surface area contributed by atoms with Gasteiger partial charge in [-0.05, 0) is 32.6 Å². The highest BCUT2D eigenvalue weighted by molar-refractivity contribution is 5.92. The molecule has 2 nitrogen and oxygen atoms in total. The van der Waals surface area contributed by atoms with Crippen LogP contribution in [0.4, 0.5) is 0 Å². The van der Waals surface area contributed by atoms with E-state index < -0.39 is 0 Å². The molecule has 0 aromatic carbocycles. The molecule has 2 atom stereocenters. The molecule has 2 aliphatic rings. The lowest BCUT2D eigenvalue weighted by Crippen LogP contribution is -2.36. The van der Waals surface area contributed by atoms with E-state index in [1.54, 1.807) is 0 Å². The second-order valence-electron chi connectivity index (χ2n) is 4.71. The topological polar surface area (TPSA) is 29.6 Å². The summed E-state index contributed by atoms with van der Waals surface area (Å²) < 4.78 is 5.54. The quantitative estimate of drug-likeness (QED) is 0.517. The fourth-order valence-electron chi connectivity index (χ4n) is 2.33. The third-order valence-electron chi connectivity index (χ3n) is 3.33. The van der Waals surface area contributed by atoms with Crippen molar-refractivity contribution < 1.29 is 9.53 Å². The Morgan fingerprint density at radius 1 is 1.50 bits per heavy atom. The summed E-state index contributed by atoms with van der Waals surface area (Å²) in [6, 6.07) is 0.